The lowest BCUT2D eigenvalue weighted by Gasteiger charge is -2.14. The van der Waals surface area contributed by atoms with Crippen molar-refractivity contribution >= 4 is 11.6 Å². The van der Waals surface area contributed by atoms with Crippen LogP contribution in [0.1, 0.15) is 22.7 Å². The average molecular weight is 264 g/mol. The van der Waals surface area contributed by atoms with Crippen molar-refractivity contribution in [2.24, 2.45) is 5.73 Å². The molecule has 18 heavy (non-hydrogen) atoms. The van der Waals surface area contributed by atoms with Crippen molar-refractivity contribution in [2.75, 3.05) is 0 Å². The van der Waals surface area contributed by atoms with Crippen LogP contribution in [0.4, 0.5) is 4.39 Å². The Bertz CT molecular complexity index is 554. The molecule has 0 saturated heterocycles. The third kappa shape index (κ3) is 2.89. The molecule has 2 N–H and O–H groups in total. The van der Waals surface area contributed by atoms with Crippen molar-refractivity contribution in [1.29, 1.82) is 0 Å². The molecule has 0 fully saturated rings. The Hall–Kier alpha value is -1.38. The summed E-state index contributed by atoms with van der Waals surface area (Å²) in [7, 11) is 0. The van der Waals surface area contributed by atoms with Crippen LogP contribution in [0, 0.1) is 12.7 Å². The first-order valence-electron chi connectivity index (χ1n) is 5.83. The quantitative estimate of drug-likeness (QED) is 0.889. The van der Waals surface area contributed by atoms with E-state index in [1.807, 2.05) is 37.3 Å². The van der Waals surface area contributed by atoms with E-state index in [4.69, 9.17) is 17.3 Å². The van der Waals surface area contributed by atoms with Crippen LogP contribution >= 0.6 is 11.6 Å². The van der Waals surface area contributed by atoms with Gasteiger partial charge in [0, 0.05) is 16.6 Å². The monoisotopic (exact) mass is 263 g/mol. The van der Waals surface area contributed by atoms with Crippen LogP contribution < -0.4 is 5.73 Å². The maximum atomic E-state index is 13.8. The molecule has 0 saturated carbocycles. The summed E-state index contributed by atoms with van der Waals surface area (Å²) in [6.45, 7) is 1.85. The first-order valence-corrected chi connectivity index (χ1v) is 6.21. The van der Waals surface area contributed by atoms with E-state index in [-0.39, 0.29) is 11.9 Å². The van der Waals surface area contributed by atoms with Crippen LogP contribution in [0.15, 0.2) is 42.5 Å². The molecule has 3 heteroatoms. The standard InChI is InChI=1S/C15H15ClFN/c1-10-6-7-12(14(17)8-10)15(18)9-11-4-2-3-5-13(11)16/h2-8,15H,9,18H2,1H3. The normalized spacial score (nSPS) is 12.4. The Kier molecular flexibility index (Phi) is 4.00. The van der Waals surface area contributed by atoms with Crippen molar-refractivity contribution in [3.63, 3.8) is 0 Å². The molecule has 0 amide bonds. The van der Waals surface area contributed by atoms with E-state index in [1.54, 1.807) is 6.07 Å². The van der Waals surface area contributed by atoms with Crippen LogP contribution in [-0.2, 0) is 6.42 Å². The van der Waals surface area contributed by atoms with E-state index in [1.165, 1.54) is 6.07 Å². The van der Waals surface area contributed by atoms with Crippen LogP contribution in [0.25, 0.3) is 0 Å². The van der Waals surface area contributed by atoms with Crippen molar-refractivity contribution in [2.45, 2.75) is 19.4 Å². The summed E-state index contributed by atoms with van der Waals surface area (Å²) in [4.78, 5) is 0. The Morgan fingerprint density at radius 2 is 1.94 bits per heavy atom. The van der Waals surface area contributed by atoms with E-state index in [9.17, 15) is 4.39 Å². The van der Waals surface area contributed by atoms with E-state index in [2.05, 4.69) is 0 Å². The summed E-state index contributed by atoms with van der Waals surface area (Å²) in [6, 6.07) is 12.2. The zero-order valence-electron chi connectivity index (χ0n) is 10.2. The number of hydrogen-bond donors (Lipinski definition) is 1. The molecule has 0 aliphatic carbocycles. The molecule has 0 aliphatic rings. The third-order valence-corrected chi connectivity index (χ3v) is 3.32. The van der Waals surface area contributed by atoms with E-state index in [0.717, 1.165) is 11.1 Å². The van der Waals surface area contributed by atoms with Gasteiger partial charge >= 0.3 is 0 Å². The molecule has 2 rings (SSSR count). The number of nitrogens with two attached hydrogens (primary N) is 1. The fourth-order valence-corrected chi connectivity index (χ4v) is 2.16. The SMILES string of the molecule is Cc1ccc(C(N)Cc2ccccc2Cl)c(F)c1. The van der Waals surface area contributed by atoms with Gasteiger partial charge in [-0.15, -0.1) is 0 Å². The van der Waals surface area contributed by atoms with E-state index >= 15 is 0 Å². The van der Waals surface area contributed by atoms with Crippen molar-refractivity contribution in [3.8, 4) is 0 Å². The highest BCUT2D eigenvalue weighted by Crippen LogP contribution is 2.23. The molecule has 2 aromatic rings. The van der Waals surface area contributed by atoms with E-state index in [0.29, 0.717) is 17.0 Å². The molecule has 1 atom stereocenters. The minimum Gasteiger partial charge on any atom is -0.324 e. The van der Waals surface area contributed by atoms with Gasteiger partial charge in [0.15, 0.2) is 0 Å². The second-order valence-corrected chi connectivity index (χ2v) is 4.83. The molecule has 0 aliphatic heterocycles. The highest BCUT2D eigenvalue weighted by atomic mass is 35.5. The number of rotatable bonds is 3. The van der Waals surface area contributed by atoms with E-state index < -0.39 is 0 Å². The summed E-state index contributed by atoms with van der Waals surface area (Å²) in [6.07, 6.45) is 0.527. The van der Waals surface area contributed by atoms with Gasteiger partial charge < -0.3 is 5.73 Å². The summed E-state index contributed by atoms with van der Waals surface area (Å²) < 4.78 is 13.8. The smallest absolute Gasteiger partial charge is 0.128 e. The molecule has 0 bridgehead atoms. The number of aryl methyl sites for hydroxylation is 1. The molecule has 1 unspecified atom stereocenters. The molecule has 0 spiro atoms. The van der Waals surface area contributed by atoms with Gasteiger partial charge in [0.05, 0.1) is 0 Å². The number of hydrogen-bond acceptors (Lipinski definition) is 1. The van der Waals surface area contributed by atoms with Gasteiger partial charge in [-0.1, -0.05) is 41.9 Å². The molecule has 1 nitrogen and oxygen atoms in total. The lowest BCUT2D eigenvalue weighted by Crippen LogP contribution is -2.15. The Morgan fingerprint density at radius 3 is 2.61 bits per heavy atom. The lowest BCUT2D eigenvalue weighted by molar-refractivity contribution is 0.579. The van der Waals surface area contributed by atoms with Crippen molar-refractivity contribution in [1.82, 2.24) is 0 Å². The van der Waals surface area contributed by atoms with Crippen molar-refractivity contribution < 1.29 is 4.39 Å². The maximum Gasteiger partial charge on any atom is 0.128 e. The molecular weight excluding hydrogens is 249 g/mol. The average Bonchev–Trinajstić information content (AvgIpc) is 2.32. The fraction of sp³-hybridized carbons (Fsp3) is 0.200. The Labute approximate surface area is 111 Å². The number of benzene rings is 2. The van der Waals surface area contributed by atoms with Crippen LogP contribution in [0.2, 0.25) is 5.02 Å². The molecule has 0 aromatic heterocycles. The Morgan fingerprint density at radius 1 is 1.22 bits per heavy atom. The van der Waals surface area contributed by atoms with Gasteiger partial charge in [-0.25, -0.2) is 4.39 Å². The second-order valence-electron chi connectivity index (χ2n) is 4.43. The minimum atomic E-state index is -0.384. The van der Waals surface area contributed by atoms with Crippen molar-refractivity contribution in [3.05, 3.63) is 70.0 Å². The van der Waals surface area contributed by atoms with Gasteiger partial charge in [0.2, 0.25) is 0 Å². The molecular formula is C15H15ClFN. The topological polar surface area (TPSA) is 26.0 Å². The predicted molar refractivity (Wildman–Crippen MR) is 73.2 cm³/mol. The van der Waals surface area contributed by atoms with Crippen LogP contribution in [0.3, 0.4) is 0 Å². The predicted octanol–water partition coefficient (Wildman–Crippen LogP) is 4.03. The van der Waals surface area contributed by atoms with Gasteiger partial charge in [0.25, 0.3) is 0 Å². The summed E-state index contributed by atoms with van der Waals surface area (Å²) in [5.41, 5.74) is 8.40. The Balaban J connectivity index is 2.22. The maximum absolute atomic E-state index is 13.8. The lowest BCUT2D eigenvalue weighted by atomic mass is 9.98. The fourth-order valence-electron chi connectivity index (χ4n) is 1.94. The molecule has 94 valence electrons. The summed E-state index contributed by atoms with van der Waals surface area (Å²) in [5.74, 6) is -0.255. The zero-order chi connectivity index (χ0) is 13.1. The highest BCUT2D eigenvalue weighted by molar-refractivity contribution is 6.31. The van der Waals surface area contributed by atoms with Crippen LogP contribution in [0.5, 0.6) is 0 Å². The first-order chi connectivity index (χ1) is 8.58. The second kappa shape index (κ2) is 5.51. The zero-order valence-corrected chi connectivity index (χ0v) is 10.9. The summed E-state index contributed by atoms with van der Waals surface area (Å²) in [5, 5.41) is 0.667. The van der Waals surface area contributed by atoms with Gasteiger partial charge in [-0.2, -0.15) is 0 Å². The highest BCUT2D eigenvalue weighted by Gasteiger charge is 2.13. The third-order valence-electron chi connectivity index (χ3n) is 2.95. The van der Waals surface area contributed by atoms with Gasteiger partial charge in [-0.3, -0.25) is 0 Å². The molecule has 0 radical (unpaired) electrons. The number of halogens is 2. The molecule has 0 heterocycles. The molecule has 2 aromatic carbocycles. The van der Waals surface area contributed by atoms with Gasteiger partial charge in [0.1, 0.15) is 5.82 Å². The summed E-state index contributed by atoms with van der Waals surface area (Å²) >= 11 is 6.07. The minimum absolute atomic E-state index is 0.255. The van der Waals surface area contributed by atoms with Gasteiger partial charge in [-0.05, 0) is 36.6 Å². The largest absolute Gasteiger partial charge is 0.324 e. The van der Waals surface area contributed by atoms with Crippen LogP contribution in [-0.4, -0.2) is 0 Å². The first kappa shape index (κ1) is 13.1.